The molecule has 34 heavy (non-hydrogen) atoms. The van der Waals surface area contributed by atoms with Crippen LogP contribution in [0.5, 0.6) is 0 Å². The van der Waals surface area contributed by atoms with Crippen LogP contribution in [0.15, 0.2) is 43.2 Å². The smallest absolute Gasteiger partial charge is 0.168 e. The van der Waals surface area contributed by atoms with E-state index >= 15 is 0 Å². The van der Waals surface area contributed by atoms with E-state index in [1.807, 2.05) is 35.4 Å². The third-order valence-corrected chi connectivity index (χ3v) is 7.38. The fourth-order valence-electron chi connectivity index (χ4n) is 5.36. The van der Waals surface area contributed by atoms with Crippen LogP contribution in [0.3, 0.4) is 0 Å². The number of aromatic nitrogens is 7. The predicted molar refractivity (Wildman–Crippen MR) is 127 cm³/mol. The number of nitrogens with zero attached hydrogens (tertiary/aromatic N) is 7. The lowest BCUT2D eigenvalue weighted by Gasteiger charge is -2.35. The van der Waals surface area contributed by atoms with Crippen LogP contribution < -0.4 is 0 Å². The summed E-state index contributed by atoms with van der Waals surface area (Å²) in [6, 6.07) is 2.73. The molecule has 5 heterocycles. The molecule has 4 aromatic rings. The van der Waals surface area contributed by atoms with Crippen LogP contribution in [-0.2, 0) is 9.47 Å². The fourth-order valence-corrected chi connectivity index (χ4v) is 5.36. The van der Waals surface area contributed by atoms with Crippen LogP contribution in [0, 0.1) is 0 Å². The summed E-state index contributed by atoms with van der Waals surface area (Å²) in [5.41, 5.74) is 4.69. The third-order valence-electron chi connectivity index (χ3n) is 7.38. The van der Waals surface area contributed by atoms with Crippen molar-refractivity contribution in [1.82, 2.24) is 34.2 Å². The Balaban J connectivity index is 1.29. The monoisotopic (exact) mass is 461 g/mol. The maximum absolute atomic E-state index is 5.88. The molecular formula is C25H31N7O2. The van der Waals surface area contributed by atoms with Gasteiger partial charge < -0.3 is 9.47 Å². The van der Waals surface area contributed by atoms with Crippen LogP contribution in [0.2, 0.25) is 0 Å². The summed E-state index contributed by atoms with van der Waals surface area (Å²) in [7, 11) is 0. The van der Waals surface area contributed by atoms with Gasteiger partial charge in [0.2, 0.25) is 0 Å². The molecule has 1 aliphatic carbocycles. The molecule has 0 bridgehead atoms. The lowest BCUT2D eigenvalue weighted by Crippen LogP contribution is -2.35. The SMILES string of the molecule is CCC(CC)n1cc(-c2nc(-c3cnn(C4CCC5(CC4)OCCO5)c3)cn3nccc23)cn1. The molecule has 1 spiro atoms. The second-order valence-electron chi connectivity index (χ2n) is 9.36. The van der Waals surface area contributed by atoms with Gasteiger partial charge in [-0.15, -0.1) is 0 Å². The molecule has 2 fully saturated rings. The van der Waals surface area contributed by atoms with Gasteiger partial charge in [0.05, 0.1) is 67.0 Å². The average Bonchev–Trinajstić information content (AvgIpc) is 3.67. The van der Waals surface area contributed by atoms with Crippen molar-refractivity contribution >= 4 is 5.52 Å². The van der Waals surface area contributed by atoms with Crippen molar-refractivity contribution < 1.29 is 9.47 Å². The quantitative estimate of drug-likeness (QED) is 0.415. The van der Waals surface area contributed by atoms with Crippen LogP contribution >= 0.6 is 0 Å². The summed E-state index contributed by atoms with van der Waals surface area (Å²) in [5, 5.41) is 13.8. The minimum absolute atomic E-state index is 0.346. The largest absolute Gasteiger partial charge is 0.348 e. The number of fused-ring (bicyclic) bond motifs is 1. The lowest BCUT2D eigenvalue weighted by atomic mass is 9.90. The Kier molecular flexibility index (Phi) is 5.45. The first-order valence-corrected chi connectivity index (χ1v) is 12.4. The van der Waals surface area contributed by atoms with E-state index in [0.29, 0.717) is 25.3 Å². The standard InChI is InChI=1S/C25H31N7O2/c1-3-20(4-2)30-16-19(14-28-30)24-23-7-10-26-32(23)17-22(29-24)18-13-27-31(15-18)21-5-8-25(9-6-21)33-11-12-34-25/h7,10,13-17,20-21H,3-6,8-9,11-12H2,1-2H3. The predicted octanol–water partition coefficient (Wildman–Crippen LogP) is 4.68. The second kappa shape index (κ2) is 8.63. The van der Waals surface area contributed by atoms with Crippen molar-refractivity contribution in [3.05, 3.63) is 43.2 Å². The Labute approximate surface area is 198 Å². The van der Waals surface area contributed by atoms with Crippen molar-refractivity contribution in [3.63, 3.8) is 0 Å². The van der Waals surface area contributed by atoms with E-state index in [9.17, 15) is 0 Å². The topological polar surface area (TPSA) is 84.3 Å². The van der Waals surface area contributed by atoms with Crippen molar-refractivity contribution in [2.24, 2.45) is 0 Å². The van der Waals surface area contributed by atoms with Crippen LogP contribution in [-0.4, -0.2) is 53.2 Å². The van der Waals surface area contributed by atoms with Crippen molar-refractivity contribution in [1.29, 1.82) is 0 Å². The van der Waals surface area contributed by atoms with E-state index < -0.39 is 0 Å². The molecule has 178 valence electrons. The Bertz CT molecular complexity index is 1270. The minimum atomic E-state index is -0.354. The van der Waals surface area contributed by atoms with Crippen molar-refractivity contribution in [2.45, 2.75) is 70.2 Å². The highest BCUT2D eigenvalue weighted by atomic mass is 16.7. The summed E-state index contributed by atoms with van der Waals surface area (Å²) in [4.78, 5) is 5.05. The molecule has 0 amide bonds. The highest BCUT2D eigenvalue weighted by molar-refractivity contribution is 5.78. The Morgan fingerprint density at radius 1 is 0.971 bits per heavy atom. The van der Waals surface area contributed by atoms with Gasteiger partial charge in [0, 0.05) is 36.4 Å². The minimum Gasteiger partial charge on any atom is -0.348 e. The van der Waals surface area contributed by atoms with Crippen LogP contribution in [0.4, 0.5) is 0 Å². The molecule has 1 saturated heterocycles. The molecule has 0 N–H and O–H groups in total. The molecule has 2 aliphatic rings. The van der Waals surface area contributed by atoms with Gasteiger partial charge in [-0.25, -0.2) is 9.50 Å². The van der Waals surface area contributed by atoms with Gasteiger partial charge in [0.25, 0.3) is 0 Å². The van der Waals surface area contributed by atoms with E-state index in [4.69, 9.17) is 19.6 Å². The fraction of sp³-hybridized carbons (Fsp3) is 0.520. The lowest BCUT2D eigenvalue weighted by molar-refractivity contribution is -0.181. The number of rotatable bonds is 6. The van der Waals surface area contributed by atoms with Gasteiger partial charge in [0.15, 0.2) is 5.79 Å². The molecule has 0 atom stereocenters. The van der Waals surface area contributed by atoms with E-state index in [1.54, 1.807) is 0 Å². The summed E-state index contributed by atoms with van der Waals surface area (Å²) in [5.74, 6) is -0.354. The first-order chi connectivity index (χ1) is 16.7. The average molecular weight is 462 g/mol. The summed E-state index contributed by atoms with van der Waals surface area (Å²) < 4.78 is 17.8. The molecule has 9 nitrogen and oxygen atoms in total. The first kappa shape index (κ1) is 21.5. The van der Waals surface area contributed by atoms with E-state index in [0.717, 1.165) is 66.6 Å². The van der Waals surface area contributed by atoms with E-state index in [1.165, 1.54) is 0 Å². The summed E-state index contributed by atoms with van der Waals surface area (Å²) >= 11 is 0. The second-order valence-corrected chi connectivity index (χ2v) is 9.36. The van der Waals surface area contributed by atoms with Gasteiger partial charge in [-0.1, -0.05) is 13.8 Å². The maximum Gasteiger partial charge on any atom is 0.168 e. The first-order valence-electron chi connectivity index (χ1n) is 12.4. The molecular weight excluding hydrogens is 430 g/mol. The zero-order valence-electron chi connectivity index (χ0n) is 19.8. The van der Waals surface area contributed by atoms with Gasteiger partial charge >= 0.3 is 0 Å². The van der Waals surface area contributed by atoms with Gasteiger partial charge in [-0.3, -0.25) is 9.36 Å². The third kappa shape index (κ3) is 3.73. The molecule has 0 unspecified atom stereocenters. The molecule has 0 aromatic carbocycles. The highest BCUT2D eigenvalue weighted by Crippen LogP contribution is 2.40. The van der Waals surface area contributed by atoms with Crippen molar-refractivity contribution in [2.75, 3.05) is 13.2 Å². The number of hydrogen-bond donors (Lipinski definition) is 0. The molecule has 0 radical (unpaired) electrons. The molecule has 4 aromatic heterocycles. The van der Waals surface area contributed by atoms with Gasteiger partial charge in [-0.05, 0) is 31.7 Å². The normalized spacial score (nSPS) is 18.6. The van der Waals surface area contributed by atoms with Crippen LogP contribution in [0.1, 0.15) is 64.5 Å². The summed E-state index contributed by atoms with van der Waals surface area (Å²) in [6.45, 7) is 5.80. The van der Waals surface area contributed by atoms with Crippen LogP contribution in [0.25, 0.3) is 28.0 Å². The zero-order chi connectivity index (χ0) is 23.1. The number of hydrogen-bond acceptors (Lipinski definition) is 6. The van der Waals surface area contributed by atoms with Gasteiger partial charge in [0.1, 0.15) is 0 Å². The highest BCUT2D eigenvalue weighted by Gasteiger charge is 2.40. The zero-order valence-corrected chi connectivity index (χ0v) is 19.8. The Hall–Kier alpha value is -3.04. The molecule has 1 aliphatic heterocycles. The maximum atomic E-state index is 5.88. The van der Waals surface area contributed by atoms with E-state index in [-0.39, 0.29) is 5.79 Å². The van der Waals surface area contributed by atoms with E-state index in [2.05, 4.69) is 45.8 Å². The van der Waals surface area contributed by atoms with Crippen molar-refractivity contribution in [3.8, 4) is 22.5 Å². The molecule has 9 heteroatoms. The molecule has 1 saturated carbocycles. The molecule has 6 rings (SSSR count). The number of ether oxygens (including phenoxy) is 2. The summed E-state index contributed by atoms with van der Waals surface area (Å²) in [6.07, 6.45) is 17.7. The van der Waals surface area contributed by atoms with Gasteiger partial charge in [-0.2, -0.15) is 15.3 Å². The Morgan fingerprint density at radius 2 is 1.74 bits per heavy atom. The Morgan fingerprint density at radius 3 is 2.50 bits per heavy atom.